The smallest absolute Gasteiger partial charge is 0.0786 e. The second-order valence-electron chi connectivity index (χ2n) is 12.7. The standard InChI is InChI=1S/2C16H36N.C5H6O4/c2*1-5-9-13-17(14-10-6-2,15-11-7-3)16-12-8-4;1-3(5(8)9)2-4(6)7/h2*5-16H2,1-4H3;2H,1H3,(H,6,7)(H,8,9)/q2*+1;/p-2/b;;3-2+. The molecule has 0 heterocycles. The van der Waals surface area contributed by atoms with E-state index < -0.39 is 11.9 Å². The van der Waals surface area contributed by atoms with Gasteiger partial charge in [-0.05, 0) is 69.9 Å². The molecular formula is C37H76N2O4. The van der Waals surface area contributed by atoms with Crippen molar-refractivity contribution in [2.24, 2.45) is 0 Å². The Morgan fingerprint density at radius 2 is 0.628 bits per heavy atom. The monoisotopic (exact) mass is 613 g/mol. The van der Waals surface area contributed by atoms with Gasteiger partial charge in [-0.3, -0.25) is 0 Å². The first-order valence-corrected chi connectivity index (χ1v) is 18.3. The van der Waals surface area contributed by atoms with E-state index >= 15 is 0 Å². The van der Waals surface area contributed by atoms with Crippen LogP contribution in [0.5, 0.6) is 0 Å². The van der Waals surface area contributed by atoms with Crippen molar-refractivity contribution in [3.05, 3.63) is 11.6 Å². The van der Waals surface area contributed by atoms with Gasteiger partial charge >= 0.3 is 0 Å². The maximum atomic E-state index is 9.76. The molecule has 0 saturated heterocycles. The Balaban J connectivity index is -0.000000586. The van der Waals surface area contributed by atoms with Crippen LogP contribution in [0.25, 0.3) is 0 Å². The fourth-order valence-electron chi connectivity index (χ4n) is 5.53. The number of rotatable bonds is 26. The van der Waals surface area contributed by atoms with E-state index in [2.05, 4.69) is 55.4 Å². The molecule has 0 rings (SSSR count). The fourth-order valence-corrected chi connectivity index (χ4v) is 5.53. The number of quaternary nitrogens is 2. The molecule has 0 radical (unpaired) electrons. The number of hydrogen-bond donors (Lipinski definition) is 0. The van der Waals surface area contributed by atoms with Crippen LogP contribution in [0.15, 0.2) is 11.6 Å². The molecule has 0 aliphatic rings. The van der Waals surface area contributed by atoms with Crippen LogP contribution in [-0.2, 0) is 9.59 Å². The maximum absolute atomic E-state index is 9.76. The lowest BCUT2D eigenvalue weighted by molar-refractivity contribution is -0.929. The zero-order chi connectivity index (χ0) is 33.4. The second kappa shape index (κ2) is 32.0. The zero-order valence-electron chi connectivity index (χ0n) is 30.6. The van der Waals surface area contributed by atoms with Crippen LogP contribution in [0.3, 0.4) is 0 Å². The SMILES string of the molecule is C/C(=C\C(=O)[O-])C(=O)[O-].CCCC[N+](CCCC)(CCCC)CCCC.CCCC[N+](CCCC)(CCCC)CCCC. The Kier molecular flexibility index (Phi) is 34.3. The van der Waals surface area contributed by atoms with E-state index in [1.807, 2.05) is 0 Å². The molecule has 0 bridgehead atoms. The Morgan fingerprint density at radius 3 is 0.721 bits per heavy atom. The van der Waals surface area contributed by atoms with E-state index in [1.54, 1.807) is 0 Å². The average Bonchev–Trinajstić information content (AvgIpc) is 3.00. The van der Waals surface area contributed by atoms with Gasteiger partial charge in [0.2, 0.25) is 0 Å². The number of aliphatic carboxylic acids is 2. The van der Waals surface area contributed by atoms with Crippen LogP contribution in [0.1, 0.15) is 165 Å². The topological polar surface area (TPSA) is 80.3 Å². The van der Waals surface area contributed by atoms with Gasteiger partial charge in [0.15, 0.2) is 0 Å². The molecule has 43 heavy (non-hydrogen) atoms. The van der Waals surface area contributed by atoms with Crippen molar-refractivity contribution in [3.63, 3.8) is 0 Å². The summed E-state index contributed by atoms with van der Waals surface area (Å²) in [5.41, 5.74) is -0.352. The minimum absolute atomic E-state index is 0.352. The third-order valence-electron chi connectivity index (χ3n) is 8.54. The number of hydrogen-bond acceptors (Lipinski definition) is 4. The first-order valence-electron chi connectivity index (χ1n) is 18.3. The van der Waals surface area contributed by atoms with E-state index in [0.717, 1.165) is 6.92 Å². The van der Waals surface area contributed by atoms with Gasteiger partial charge in [-0.2, -0.15) is 0 Å². The van der Waals surface area contributed by atoms with Gasteiger partial charge in [0.25, 0.3) is 0 Å². The molecule has 258 valence electrons. The molecule has 0 atom stereocenters. The molecule has 0 N–H and O–H groups in total. The van der Waals surface area contributed by atoms with Gasteiger partial charge in [0, 0.05) is 0 Å². The number of unbranched alkanes of at least 4 members (excludes halogenated alkanes) is 8. The molecule has 6 heteroatoms. The lowest BCUT2D eigenvalue weighted by Gasteiger charge is -2.39. The lowest BCUT2D eigenvalue weighted by atomic mass is 10.1. The highest BCUT2D eigenvalue weighted by atomic mass is 16.4. The summed E-state index contributed by atoms with van der Waals surface area (Å²) in [5, 5.41) is 19.4. The third-order valence-corrected chi connectivity index (χ3v) is 8.54. The van der Waals surface area contributed by atoms with Crippen molar-refractivity contribution in [1.82, 2.24) is 0 Å². The second-order valence-corrected chi connectivity index (χ2v) is 12.7. The van der Waals surface area contributed by atoms with E-state index in [1.165, 1.54) is 164 Å². The molecule has 0 aromatic rings. The van der Waals surface area contributed by atoms with Gasteiger partial charge in [-0.1, -0.05) is 107 Å². The summed E-state index contributed by atoms with van der Waals surface area (Å²) < 4.78 is 2.84. The van der Waals surface area contributed by atoms with Crippen LogP contribution in [0.4, 0.5) is 0 Å². The fraction of sp³-hybridized carbons (Fsp3) is 0.892. The molecule has 0 aromatic heterocycles. The molecule has 6 nitrogen and oxygen atoms in total. The highest BCUT2D eigenvalue weighted by Crippen LogP contribution is 2.17. The van der Waals surface area contributed by atoms with Crippen LogP contribution in [0.2, 0.25) is 0 Å². The van der Waals surface area contributed by atoms with Gasteiger partial charge in [-0.15, -0.1) is 0 Å². The quantitative estimate of drug-likeness (QED) is 0.0751. The largest absolute Gasteiger partial charge is 0.545 e. The Bertz CT molecular complexity index is 552. The van der Waals surface area contributed by atoms with Crippen LogP contribution in [0, 0.1) is 0 Å². The van der Waals surface area contributed by atoms with Crippen molar-refractivity contribution in [2.75, 3.05) is 52.4 Å². The summed E-state index contributed by atoms with van der Waals surface area (Å²) in [5.74, 6) is -3.03. The van der Waals surface area contributed by atoms with Crippen molar-refractivity contribution < 1.29 is 28.8 Å². The van der Waals surface area contributed by atoms with Gasteiger partial charge in [0.1, 0.15) is 0 Å². The molecule has 0 amide bonds. The first-order chi connectivity index (χ1) is 20.5. The molecule has 0 unspecified atom stereocenters. The number of nitrogens with zero attached hydrogens (tertiary/aromatic N) is 2. The van der Waals surface area contributed by atoms with Crippen LogP contribution in [-0.4, -0.2) is 73.3 Å². The van der Waals surface area contributed by atoms with Crippen molar-refractivity contribution in [2.45, 2.75) is 165 Å². The normalized spacial score (nSPS) is 11.8. The molecule has 0 aliphatic carbocycles. The van der Waals surface area contributed by atoms with Crippen LogP contribution >= 0.6 is 0 Å². The van der Waals surface area contributed by atoms with E-state index in [0.29, 0.717) is 6.08 Å². The molecular weight excluding hydrogens is 536 g/mol. The summed E-state index contributed by atoms with van der Waals surface area (Å²) >= 11 is 0. The Labute approximate surface area is 269 Å². The summed E-state index contributed by atoms with van der Waals surface area (Å²) in [4.78, 5) is 19.4. The predicted octanol–water partition coefficient (Wildman–Crippen LogP) is 7.44. The molecule has 0 saturated carbocycles. The zero-order valence-corrected chi connectivity index (χ0v) is 30.6. The van der Waals surface area contributed by atoms with Crippen molar-refractivity contribution >= 4 is 11.9 Å². The summed E-state index contributed by atoms with van der Waals surface area (Å²) in [6.45, 7) is 31.2. The van der Waals surface area contributed by atoms with E-state index in [-0.39, 0.29) is 5.57 Å². The average molecular weight is 613 g/mol. The molecule has 0 aromatic carbocycles. The third kappa shape index (κ3) is 27.9. The predicted molar refractivity (Wildman–Crippen MR) is 182 cm³/mol. The van der Waals surface area contributed by atoms with Gasteiger partial charge in [-0.25, -0.2) is 0 Å². The number of carbonyl (C=O) groups is 2. The molecule has 0 fully saturated rings. The van der Waals surface area contributed by atoms with Crippen molar-refractivity contribution in [1.29, 1.82) is 0 Å². The van der Waals surface area contributed by atoms with Gasteiger partial charge in [0.05, 0.1) is 64.3 Å². The summed E-state index contributed by atoms with van der Waals surface area (Å²) in [7, 11) is 0. The maximum Gasteiger partial charge on any atom is 0.0786 e. The molecule has 0 aliphatic heterocycles. The Morgan fingerprint density at radius 1 is 0.442 bits per heavy atom. The minimum Gasteiger partial charge on any atom is -0.545 e. The number of carboxylic acid groups (broad SMARTS) is 2. The van der Waals surface area contributed by atoms with E-state index in [9.17, 15) is 19.8 Å². The highest BCUT2D eigenvalue weighted by Gasteiger charge is 2.25. The summed E-state index contributed by atoms with van der Waals surface area (Å²) in [6.07, 6.45) is 22.6. The minimum atomic E-state index is -1.53. The van der Waals surface area contributed by atoms with E-state index in [4.69, 9.17) is 0 Å². The Hall–Kier alpha value is -1.40. The number of carbonyl (C=O) groups excluding carboxylic acids is 2. The van der Waals surface area contributed by atoms with Gasteiger partial charge < -0.3 is 28.8 Å². The first kappa shape index (κ1) is 46.0. The van der Waals surface area contributed by atoms with Crippen LogP contribution < -0.4 is 10.2 Å². The highest BCUT2D eigenvalue weighted by molar-refractivity contribution is 5.92. The molecule has 0 spiro atoms. The lowest BCUT2D eigenvalue weighted by Crippen LogP contribution is -2.50. The van der Waals surface area contributed by atoms with Crippen molar-refractivity contribution in [3.8, 4) is 0 Å². The number of carboxylic acids is 2. The summed E-state index contributed by atoms with van der Waals surface area (Å²) in [6, 6.07) is 0.